The van der Waals surface area contributed by atoms with Crippen LogP contribution < -0.4 is 0 Å². The van der Waals surface area contributed by atoms with E-state index >= 15 is 0 Å². The Labute approximate surface area is 115 Å². The predicted molar refractivity (Wildman–Crippen MR) is 72.8 cm³/mol. The third-order valence-corrected chi connectivity index (χ3v) is 4.80. The highest BCUT2D eigenvalue weighted by Crippen LogP contribution is 2.35. The smallest absolute Gasteiger partial charge is 0.122 e. The number of aliphatic hydroxyl groups is 3. The van der Waals surface area contributed by atoms with Gasteiger partial charge < -0.3 is 20.1 Å². The minimum atomic E-state index is -1.11. The maximum atomic E-state index is 9.87. The van der Waals surface area contributed by atoms with Gasteiger partial charge in [0.2, 0.25) is 0 Å². The molecule has 100 valence electrons. The Morgan fingerprint density at radius 3 is 2.44 bits per heavy atom. The molecule has 2 rings (SSSR count). The molecule has 4 nitrogen and oxygen atoms in total. The van der Waals surface area contributed by atoms with Gasteiger partial charge in [0.05, 0.1) is 18.0 Å². The summed E-state index contributed by atoms with van der Waals surface area (Å²) < 4.78 is 5.56. The van der Waals surface area contributed by atoms with E-state index < -0.39 is 29.0 Å². The van der Waals surface area contributed by atoms with Gasteiger partial charge in [0.15, 0.2) is 0 Å². The van der Waals surface area contributed by atoms with Gasteiger partial charge in [0, 0.05) is 4.90 Å². The van der Waals surface area contributed by atoms with Gasteiger partial charge in [-0.05, 0) is 12.1 Å². The fourth-order valence-electron chi connectivity index (χ4n) is 1.80. The minimum absolute atomic E-state index is 0.329. The highest BCUT2D eigenvalue weighted by Gasteiger charge is 2.42. The van der Waals surface area contributed by atoms with Crippen molar-refractivity contribution in [1.82, 2.24) is 0 Å². The van der Waals surface area contributed by atoms with E-state index in [4.69, 9.17) is 9.84 Å². The van der Waals surface area contributed by atoms with Crippen LogP contribution in [0.2, 0.25) is 0 Å². The Morgan fingerprint density at radius 1 is 1.17 bits per heavy atom. The molecule has 0 aliphatic carbocycles. The van der Waals surface area contributed by atoms with Gasteiger partial charge in [0.1, 0.15) is 17.6 Å². The van der Waals surface area contributed by atoms with Gasteiger partial charge in [-0.2, -0.15) is 12.6 Å². The number of thiol groups is 1. The number of benzene rings is 1. The molecule has 0 radical (unpaired) electrons. The van der Waals surface area contributed by atoms with Gasteiger partial charge >= 0.3 is 0 Å². The van der Waals surface area contributed by atoms with Crippen LogP contribution in [0, 0.1) is 0 Å². The zero-order valence-electron chi connectivity index (χ0n) is 9.59. The normalized spacial score (nSPS) is 36.6. The van der Waals surface area contributed by atoms with Gasteiger partial charge in [0.25, 0.3) is 0 Å². The highest BCUT2D eigenvalue weighted by atomic mass is 32.2. The van der Waals surface area contributed by atoms with Crippen LogP contribution in [0.1, 0.15) is 0 Å². The molecular weight excluding hydrogens is 272 g/mol. The molecular formula is C12H16O4S2. The monoisotopic (exact) mass is 288 g/mol. The van der Waals surface area contributed by atoms with Crippen LogP contribution in [0.4, 0.5) is 0 Å². The summed E-state index contributed by atoms with van der Waals surface area (Å²) in [5.74, 6) is 0. The Balaban J connectivity index is 2.08. The molecule has 1 unspecified atom stereocenters. The standard InChI is InChI=1S/C12H16O4S2/c13-6-8-9(14)10(15)11(17)12(16-8)18-7-4-2-1-3-5-7/h1-5,8-15,17H,6H2/t8-,9-,10+,11+,12?/m1/s1. The molecule has 5 atom stereocenters. The van der Waals surface area contributed by atoms with Crippen molar-refractivity contribution in [1.29, 1.82) is 0 Å². The maximum Gasteiger partial charge on any atom is 0.122 e. The molecule has 0 spiro atoms. The third-order valence-electron chi connectivity index (χ3n) is 2.84. The zero-order chi connectivity index (χ0) is 13.1. The molecule has 6 heteroatoms. The van der Waals surface area contributed by atoms with Gasteiger partial charge in [-0.15, -0.1) is 0 Å². The lowest BCUT2D eigenvalue weighted by molar-refractivity contribution is -0.153. The van der Waals surface area contributed by atoms with Crippen LogP contribution in [0.25, 0.3) is 0 Å². The van der Waals surface area contributed by atoms with Gasteiger partial charge in [-0.1, -0.05) is 30.0 Å². The summed E-state index contributed by atoms with van der Waals surface area (Å²) in [5, 5.41) is 28.2. The molecule has 0 aromatic heterocycles. The van der Waals surface area contributed by atoms with Crippen molar-refractivity contribution in [2.24, 2.45) is 0 Å². The Hall–Kier alpha value is -0.240. The van der Waals surface area contributed by atoms with Crippen molar-refractivity contribution in [3.8, 4) is 0 Å². The SMILES string of the molecule is OC[C@H]1OC(Sc2ccccc2)[C@@H](S)[C@@H](O)[C@@H]1O. The molecule has 1 heterocycles. The van der Waals surface area contributed by atoms with Crippen molar-refractivity contribution in [3.05, 3.63) is 30.3 Å². The molecule has 0 saturated carbocycles. The van der Waals surface area contributed by atoms with Crippen molar-refractivity contribution < 1.29 is 20.1 Å². The Kier molecular flexibility index (Phi) is 4.94. The van der Waals surface area contributed by atoms with E-state index in [0.29, 0.717) is 0 Å². The number of hydrogen-bond donors (Lipinski definition) is 4. The van der Waals surface area contributed by atoms with Crippen molar-refractivity contribution >= 4 is 24.4 Å². The minimum Gasteiger partial charge on any atom is -0.394 e. The number of aliphatic hydroxyl groups excluding tert-OH is 3. The fraction of sp³-hybridized carbons (Fsp3) is 0.500. The quantitative estimate of drug-likeness (QED) is 0.610. The second-order valence-corrected chi connectivity index (χ2v) is 5.90. The van der Waals surface area contributed by atoms with Gasteiger partial charge in [-0.25, -0.2) is 0 Å². The first-order valence-electron chi connectivity index (χ1n) is 5.65. The third kappa shape index (κ3) is 3.01. The van der Waals surface area contributed by atoms with Crippen molar-refractivity contribution in [2.45, 2.75) is 33.9 Å². The van der Waals surface area contributed by atoms with E-state index in [9.17, 15) is 10.2 Å². The lowest BCUT2D eigenvalue weighted by Gasteiger charge is -2.40. The molecule has 1 fully saturated rings. The van der Waals surface area contributed by atoms with E-state index in [1.54, 1.807) is 0 Å². The Morgan fingerprint density at radius 2 is 1.83 bits per heavy atom. The summed E-state index contributed by atoms with van der Waals surface area (Å²) in [7, 11) is 0. The fourth-order valence-corrected chi connectivity index (χ4v) is 3.31. The van der Waals surface area contributed by atoms with Crippen molar-refractivity contribution in [3.63, 3.8) is 0 Å². The van der Waals surface area contributed by atoms with E-state index in [-0.39, 0.29) is 6.61 Å². The Bertz CT molecular complexity index is 374. The molecule has 0 bridgehead atoms. The first-order chi connectivity index (χ1) is 8.63. The maximum absolute atomic E-state index is 9.87. The van der Waals surface area contributed by atoms with Gasteiger partial charge in [-0.3, -0.25) is 0 Å². The zero-order valence-corrected chi connectivity index (χ0v) is 11.3. The number of hydrogen-bond acceptors (Lipinski definition) is 6. The summed E-state index contributed by atoms with van der Waals surface area (Å²) in [6.07, 6.45) is -2.89. The molecule has 1 aliphatic rings. The topological polar surface area (TPSA) is 69.9 Å². The van der Waals surface area contributed by atoms with E-state index in [1.165, 1.54) is 11.8 Å². The molecule has 1 aliphatic heterocycles. The van der Waals surface area contributed by atoms with Crippen LogP contribution in [-0.4, -0.2) is 50.9 Å². The van der Waals surface area contributed by atoms with Crippen LogP contribution in [-0.2, 0) is 4.74 Å². The average molecular weight is 288 g/mol. The average Bonchev–Trinajstić information content (AvgIpc) is 2.40. The van der Waals surface area contributed by atoms with Crippen molar-refractivity contribution in [2.75, 3.05) is 6.61 Å². The first-order valence-corrected chi connectivity index (χ1v) is 7.05. The van der Waals surface area contributed by atoms with Crippen LogP contribution in [0.5, 0.6) is 0 Å². The molecule has 1 aromatic carbocycles. The van der Waals surface area contributed by atoms with Crippen LogP contribution >= 0.6 is 24.4 Å². The molecule has 1 saturated heterocycles. The molecule has 18 heavy (non-hydrogen) atoms. The van der Waals surface area contributed by atoms with E-state index in [1.807, 2.05) is 30.3 Å². The first kappa shape index (κ1) is 14.2. The number of thioether (sulfide) groups is 1. The molecule has 0 amide bonds. The van der Waals surface area contributed by atoms with E-state index in [0.717, 1.165) is 4.90 Å². The second-order valence-electron chi connectivity index (χ2n) is 4.13. The summed E-state index contributed by atoms with van der Waals surface area (Å²) in [4.78, 5) is 0.988. The summed E-state index contributed by atoms with van der Waals surface area (Å²) >= 11 is 5.70. The van der Waals surface area contributed by atoms with Crippen LogP contribution in [0.3, 0.4) is 0 Å². The number of ether oxygens (including phenoxy) is 1. The number of rotatable bonds is 3. The molecule has 3 N–H and O–H groups in total. The lowest BCUT2D eigenvalue weighted by Crippen LogP contribution is -2.55. The lowest BCUT2D eigenvalue weighted by atomic mass is 10.0. The summed E-state index contributed by atoms with van der Waals surface area (Å²) in [6, 6.07) is 9.60. The van der Waals surface area contributed by atoms with Crippen LogP contribution in [0.15, 0.2) is 35.2 Å². The molecule has 1 aromatic rings. The predicted octanol–water partition coefficient (Wildman–Crippen LogP) is 0.516. The largest absolute Gasteiger partial charge is 0.394 e. The highest BCUT2D eigenvalue weighted by molar-refractivity contribution is 8.00. The second kappa shape index (κ2) is 6.27. The summed E-state index contributed by atoms with van der Waals surface area (Å²) in [6.45, 7) is -0.329. The summed E-state index contributed by atoms with van der Waals surface area (Å²) in [5.41, 5.74) is -0.411. The van der Waals surface area contributed by atoms with E-state index in [2.05, 4.69) is 12.6 Å².